The summed E-state index contributed by atoms with van der Waals surface area (Å²) in [5.74, 6) is 1.08. The average molecular weight is 301 g/mol. The molecule has 4 rings (SSSR count). The van der Waals surface area contributed by atoms with Crippen molar-refractivity contribution in [2.24, 2.45) is 5.92 Å². The Balaban J connectivity index is 1.87. The smallest absolute Gasteiger partial charge is 0.251 e. The Morgan fingerprint density at radius 1 is 1.33 bits per heavy atom. The Bertz CT molecular complexity index is 761. The molecule has 1 fully saturated rings. The first kappa shape index (κ1) is 13.2. The fourth-order valence-corrected chi connectivity index (χ4v) is 4.64. The van der Waals surface area contributed by atoms with Gasteiger partial charge in [-0.2, -0.15) is 0 Å². The summed E-state index contributed by atoms with van der Waals surface area (Å²) < 4.78 is 1.99. The summed E-state index contributed by atoms with van der Waals surface area (Å²) in [6, 6.07) is 4.01. The Morgan fingerprint density at radius 3 is 2.95 bits per heavy atom. The van der Waals surface area contributed by atoms with E-state index in [-0.39, 0.29) is 5.56 Å². The van der Waals surface area contributed by atoms with Crippen molar-refractivity contribution >= 4 is 11.3 Å². The first-order valence-corrected chi connectivity index (χ1v) is 8.33. The molecule has 0 saturated carbocycles. The number of pyridine rings is 1. The summed E-state index contributed by atoms with van der Waals surface area (Å²) in [7, 11) is 0. The second kappa shape index (κ2) is 4.78. The minimum atomic E-state index is 0.143. The van der Waals surface area contributed by atoms with Crippen molar-refractivity contribution in [1.29, 1.82) is 0 Å². The Morgan fingerprint density at radius 2 is 2.19 bits per heavy atom. The Kier molecular flexibility index (Phi) is 3.01. The molecule has 0 aliphatic carbocycles. The normalized spacial score (nSPS) is 23.9. The third kappa shape index (κ3) is 2.15. The van der Waals surface area contributed by atoms with Gasteiger partial charge in [-0.3, -0.25) is 4.79 Å². The lowest BCUT2D eigenvalue weighted by Gasteiger charge is -2.37. The van der Waals surface area contributed by atoms with Crippen molar-refractivity contribution < 1.29 is 0 Å². The highest BCUT2D eigenvalue weighted by Crippen LogP contribution is 2.35. The number of aromatic nitrogens is 2. The molecular formula is C16H19N3OS. The van der Waals surface area contributed by atoms with Crippen LogP contribution in [0, 0.1) is 19.8 Å². The van der Waals surface area contributed by atoms with Crippen molar-refractivity contribution in [2.45, 2.75) is 32.7 Å². The lowest BCUT2D eigenvalue weighted by atomic mass is 9.84. The minimum Gasteiger partial charge on any atom is -0.316 e. The summed E-state index contributed by atoms with van der Waals surface area (Å²) >= 11 is 1.68. The maximum absolute atomic E-state index is 12.5. The minimum absolute atomic E-state index is 0.143. The quantitative estimate of drug-likeness (QED) is 0.879. The highest BCUT2D eigenvalue weighted by Gasteiger charge is 2.31. The maximum atomic E-state index is 12.5. The van der Waals surface area contributed by atoms with Crippen LogP contribution in [0.15, 0.2) is 16.9 Å². The van der Waals surface area contributed by atoms with Gasteiger partial charge in [0.05, 0.1) is 15.6 Å². The third-order valence-electron chi connectivity index (χ3n) is 4.63. The van der Waals surface area contributed by atoms with Crippen LogP contribution < -0.4 is 10.9 Å². The molecule has 4 heterocycles. The van der Waals surface area contributed by atoms with E-state index >= 15 is 0 Å². The number of fused-ring (bicyclic) bond motifs is 4. The third-order valence-corrected chi connectivity index (χ3v) is 5.75. The molecule has 2 aliphatic heterocycles. The van der Waals surface area contributed by atoms with E-state index in [4.69, 9.17) is 0 Å². The number of rotatable bonds is 1. The van der Waals surface area contributed by atoms with Crippen LogP contribution in [0.4, 0.5) is 0 Å². The monoisotopic (exact) mass is 301 g/mol. The predicted molar refractivity (Wildman–Crippen MR) is 85.0 cm³/mol. The van der Waals surface area contributed by atoms with Gasteiger partial charge in [0.15, 0.2) is 0 Å². The van der Waals surface area contributed by atoms with E-state index in [1.165, 1.54) is 12.1 Å². The van der Waals surface area contributed by atoms with Crippen LogP contribution >= 0.6 is 11.3 Å². The summed E-state index contributed by atoms with van der Waals surface area (Å²) in [6.45, 7) is 6.92. The van der Waals surface area contributed by atoms with Gasteiger partial charge in [-0.25, -0.2) is 4.98 Å². The molecule has 2 aliphatic rings. The van der Waals surface area contributed by atoms with Gasteiger partial charge in [0.1, 0.15) is 0 Å². The summed E-state index contributed by atoms with van der Waals surface area (Å²) in [5.41, 5.74) is 3.41. The zero-order valence-corrected chi connectivity index (χ0v) is 13.2. The van der Waals surface area contributed by atoms with Crippen molar-refractivity contribution in [1.82, 2.24) is 14.9 Å². The SMILES string of the molecule is Cc1nc(C)c(-c2cc3n(c(=O)c2)C[C@@H]2CNC[C@H]3C2)s1. The second-order valence-electron chi connectivity index (χ2n) is 6.22. The number of nitrogens with one attached hydrogen (secondary N) is 1. The summed E-state index contributed by atoms with van der Waals surface area (Å²) in [5, 5.41) is 4.55. The van der Waals surface area contributed by atoms with Gasteiger partial charge < -0.3 is 9.88 Å². The van der Waals surface area contributed by atoms with Crippen LogP contribution in [-0.2, 0) is 6.54 Å². The molecule has 2 atom stereocenters. The van der Waals surface area contributed by atoms with Crippen LogP contribution in [0.1, 0.15) is 28.7 Å². The van der Waals surface area contributed by atoms with Crippen molar-refractivity contribution in [3.63, 3.8) is 0 Å². The molecule has 1 N–H and O–H groups in total. The van der Waals surface area contributed by atoms with E-state index < -0.39 is 0 Å². The molecule has 1 saturated heterocycles. The van der Waals surface area contributed by atoms with E-state index in [1.807, 2.05) is 18.4 Å². The highest BCUT2D eigenvalue weighted by atomic mass is 32.1. The van der Waals surface area contributed by atoms with E-state index in [0.717, 1.165) is 40.8 Å². The van der Waals surface area contributed by atoms with Gasteiger partial charge in [0, 0.05) is 36.3 Å². The van der Waals surface area contributed by atoms with Gasteiger partial charge in [0.2, 0.25) is 0 Å². The second-order valence-corrected chi connectivity index (χ2v) is 7.43. The van der Waals surface area contributed by atoms with Crippen LogP contribution in [0.2, 0.25) is 0 Å². The molecular weight excluding hydrogens is 282 g/mol. The van der Waals surface area contributed by atoms with E-state index in [0.29, 0.717) is 11.8 Å². The Hall–Kier alpha value is -1.46. The van der Waals surface area contributed by atoms with Gasteiger partial charge in [-0.05, 0) is 38.8 Å². The standard InChI is InChI=1S/C16H19N3OS/c1-9-16(21-10(2)18-9)12-4-14-13-3-11(6-17-7-13)8-19(14)15(20)5-12/h4-5,11,13,17H,3,6-8H2,1-2H3/t11-,13+/m0/s1. The van der Waals surface area contributed by atoms with E-state index in [2.05, 4.69) is 16.4 Å². The van der Waals surface area contributed by atoms with Crippen molar-refractivity contribution in [3.8, 4) is 10.4 Å². The topological polar surface area (TPSA) is 46.9 Å². The predicted octanol–water partition coefficient (Wildman–Crippen LogP) is 2.30. The van der Waals surface area contributed by atoms with Crippen molar-refractivity contribution in [2.75, 3.05) is 13.1 Å². The maximum Gasteiger partial charge on any atom is 0.251 e. The van der Waals surface area contributed by atoms with Crippen LogP contribution in [0.25, 0.3) is 10.4 Å². The molecule has 0 radical (unpaired) electrons. The molecule has 0 amide bonds. The number of nitrogens with zero attached hydrogens (tertiary/aromatic N) is 2. The molecule has 0 spiro atoms. The molecule has 0 aromatic carbocycles. The number of aryl methyl sites for hydroxylation is 2. The van der Waals surface area contributed by atoms with Gasteiger partial charge in [-0.15, -0.1) is 11.3 Å². The molecule has 2 bridgehead atoms. The number of piperidine rings is 1. The van der Waals surface area contributed by atoms with E-state index in [9.17, 15) is 4.79 Å². The zero-order chi connectivity index (χ0) is 14.6. The molecule has 110 valence electrons. The lowest BCUT2D eigenvalue weighted by molar-refractivity contribution is 0.257. The Labute approximate surface area is 127 Å². The molecule has 0 unspecified atom stereocenters. The first-order valence-electron chi connectivity index (χ1n) is 7.51. The van der Waals surface area contributed by atoms with Crippen molar-refractivity contribution in [3.05, 3.63) is 38.9 Å². The summed E-state index contributed by atoms with van der Waals surface area (Å²) in [6.07, 6.45) is 1.20. The first-order chi connectivity index (χ1) is 10.1. The van der Waals surface area contributed by atoms with Crippen LogP contribution in [0.3, 0.4) is 0 Å². The van der Waals surface area contributed by atoms with Gasteiger partial charge >= 0.3 is 0 Å². The molecule has 4 nitrogen and oxygen atoms in total. The highest BCUT2D eigenvalue weighted by molar-refractivity contribution is 7.15. The van der Waals surface area contributed by atoms with Gasteiger partial charge in [-0.1, -0.05) is 0 Å². The number of thiazole rings is 1. The molecule has 2 aromatic rings. The summed E-state index contributed by atoms with van der Waals surface area (Å²) in [4.78, 5) is 18.2. The number of hydrogen-bond donors (Lipinski definition) is 1. The molecule has 2 aromatic heterocycles. The lowest BCUT2D eigenvalue weighted by Crippen LogP contribution is -2.44. The molecule has 21 heavy (non-hydrogen) atoms. The fourth-order valence-electron chi connectivity index (χ4n) is 3.73. The number of hydrogen-bond acceptors (Lipinski definition) is 4. The van der Waals surface area contributed by atoms with E-state index in [1.54, 1.807) is 17.4 Å². The van der Waals surface area contributed by atoms with Crippen LogP contribution in [0.5, 0.6) is 0 Å². The van der Waals surface area contributed by atoms with Gasteiger partial charge in [0.25, 0.3) is 5.56 Å². The zero-order valence-electron chi connectivity index (χ0n) is 12.3. The molecule has 5 heteroatoms. The largest absolute Gasteiger partial charge is 0.316 e. The fraction of sp³-hybridized carbons (Fsp3) is 0.500. The van der Waals surface area contributed by atoms with Crippen LogP contribution in [-0.4, -0.2) is 22.6 Å². The average Bonchev–Trinajstić information content (AvgIpc) is 2.79.